The predicted octanol–water partition coefficient (Wildman–Crippen LogP) is 5.75. The van der Waals surface area contributed by atoms with E-state index < -0.39 is 0 Å². The number of ether oxygens (including phenoxy) is 2. The van der Waals surface area contributed by atoms with Crippen LogP contribution in [0.1, 0.15) is 34.4 Å². The number of nitrogens with zero attached hydrogens (tertiary/aromatic N) is 2. The highest BCUT2D eigenvalue weighted by Gasteiger charge is 2.21. The van der Waals surface area contributed by atoms with Crippen molar-refractivity contribution in [1.29, 1.82) is 5.26 Å². The van der Waals surface area contributed by atoms with E-state index in [1.54, 1.807) is 36.6 Å². The van der Waals surface area contributed by atoms with Gasteiger partial charge in [0.1, 0.15) is 17.3 Å². The normalized spacial score (nSPS) is 12.9. The van der Waals surface area contributed by atoms with Gasteiger partial charge in [0.25, 0.3) is 5.56 Å². The van der Waals surface area contributed by atoms with Gasteiger partial charge >= 0.3 is 0 Å². The molecule has 2 aromatic heterocycles. The van der Waals surface area contributed by atoms with E-state index in [9.17, 15) is 10.1 Å². The summed E-state index contributed by atoms with van der Waals surface area (Å²) in [6.45, 7) is 0.230. The van der Waals surface area contributed by atoms with Gasteiger partial charge in [0.05, 0.1) is 24.1 Å². The molecule has 33 heavy (non-hydrogen) atoms. The van der Waals surface area contributed by atoms with Gasteiger partial charge in [-0.25, -0.2) is 4.98 Å². The van der Waals surface area contributed by atoms with Crippen LogP contribution in [0.3, 0.4) is 0 Å². The van der Waals surface area contributed by atoms with Crippen molar-refractivity contribution in [3.8, 4) is 29.0 Å². The number of H-pyrrole nitrogens is 1. The first-order chi connectivity index (χ1) is 16.1. The minimum absolute atomic E-state index is 0.103. The van der Waals surface area contributed by atoms with Crippen molar-refractivity contribution in [3.63, 3.8) is 0 Å². The van der Waals surface area contributed by atoms with Crippen LogP contribution >= 0.6 is 27.3 Å². The summed E-state index contributed by atoms with van der Waals surface area (Å²) < 4.78 is 12.3. The quantitative estimate of drug-likeness (QED) is 0.361. The van der Waals surface area contributed by atoms with Crippen molar-refractivity contribution in [1.82, 2.24) is 9.97 Å². The maximum absolute atomic E-state index is 13.0. The largest absolute Gasteiger partial charge is 0.493 e. The van der Waals surface area contributed by atoms with E-state index in [1.807, 2.05) is 18.2 Å². The Bertz CT molecular complexity index is 1470. The first-order valence-electron chi connectivity index (χ1n) is 10.6. The van der Waals surface area contributed by atoms with Crippen LogP contribution in [0.2, 0.25) is 0 Å². The Morgan fingerprint density at radius 3 is 2.85 bits per heavy atom. The zero-order chi connectivity index (χ0) is 22.9. The molecule has 0 radical (unpaired) electrons. The molecule has 0 saturated heterocycles. The van der Waals surface area contributed by atoms with Crippen LogP contribution < -0.4 is 15.0 Å². The Morgan fingerprint density at radius 2 is 2.03 bits per heavy atom. The fourth-order valence-electron chi connectivity index (χ4n) is 4.19. The zero-order valence-corrected chi connectivity index (χ0v) is 20.3. The number of rotatable bonds is 5. The molecule has 0 atom stereocenters. The Kier molecular flexibility index (Phi) is 5.92. The van der Waals surface area contributed by atoms with Crippen molar-refractivity contribution >= 4 is 37.5 Å². The number of methoxy groups -OCH3 is 1. The fraction of sp³-hybridized carbons (Fsp3) is 0.240. The second-order valence-corrected chi connectivity index (χ2v) is 9.78. The molecule has 0 aliphatic heterocycles. The minimum atomic E-state index is -0.103. The third-order valence-electron chi connectivity index (χ3n) is 5.85. The van der Waals surface area contributed by atoms with Crippen LogP contribution in [-0.2, 0) is 19.4 Å². The summed E-state index contributed by atoms with van der Waals surface area (Å²) in [7, 11) is 1.57. The molecule has 0 fully saturated rings. The van der Waals surface area contributed by atoms with E-state index in [-0.39, 0.29) is 12.2 Å². The SMILES string of the molecule is COc1cc(-c2nc3sc4c(c3c(=O)[nH]2)CCCC4)c(Br)cc1OCc1ccccc1C#N. The van der Waals surface area contributed by atoms with Gasteiger partial charge in [0.15, 0.2) is 11.5 Å². The summed E-state index contributed by atoms with van der Waals surface area (Å²) in [5.74, 6) is 1.52. The number of fused-ring (bicyclic) bond motifs is 3. The van der Waals surface area contributed by atoms with E-state index in [2.05, 4.69) is 27.0 Å². The van der Waals surface area contributed by atoms with Crippen molar-refractivity contribution < 1.29 is 9.47 Å². The average molecular weight is 522 g/mol. The standard InChI is InChI=1S/C25H20BrN3O3S/c1-31-19-10-17(18(26)11-20(19)32-13-15-7-3-2-6-14(15)12-27)23-28-24(30)22-16-8-4-5-9-21(16)33-25(22)29-23/h2-3,6-7,10-11H,4-5,8-9,13H2,1H3,(H,28,29,30). The number of aromatic nitrogens is 2. The molecule has 4 aromatic rings. The molecule has 8 heteroatoms. The number of nitriles is 1. The van der Waals surface area contributed by atoms with E-state index in [0.29, 0.717) is 28.5 Å². The van der Waals surface area contributed by atoms with E-state index in [4.69, 9.17) is 14.5 Å². The molecule has 166 valence electrons. The van der Waals surface area contributed by atoms with Crippen LogP contribution in [-0.4, -0.2) is 17.1 Å². The van der Waals surface area contributed by atoms with E-state index in [0.717, 1.165) is 45.9 Å². The molecule has 2 heterocycles. The van der Waals surface area contributed by atoms with Gasteiger partial charge < -0.3 is 14.5 Å². The van der Waals surface area contributed by atoms with Crippen LogP contribution in [0.5, 0.6) is 11.5 Å². The zero-order valence-electron chi connectivity index (χ0n) is 17.9. The molecular formula is C25H20BrN3O3S. The number of hydrogen-bond acceptors (Lipinski definition) is 6. The predicted molar refractivity (Wildman–Crippen MR) is 132 cm³/mol. The van der Waals surface area contributed by atoms with Crippen molar-refractivity contribution in [2.45, 2.75) is 32.3 Å². The second-order valence-electron chi connectivity index (χ2n) is 7.85. The average Bonchev–Trinajstić information content (AvgIpc) is 3.22. The van der Waals surface area contributed by atoms with Gasteiger partial charge in [-0.1, -0.05) is 18.2 Å². The lowest BCUT2D eigenvalue weighted by Crippen LogP contribution is -2.11. The maximum atomic E-state index is 13.0. The number of thiophene rings is 1. The topological polar surface area (TPSA) is 88.0 Å². The van der Waals surface area contributed by atoms with Gasteiger partial charge in [-0.2, -0.15) is 5.26 Å². The molecular weight excluding hydrogens is 502 g/mol. The minimum Gasteiger partial charge on any atom is -0.493 e. The van der Waals surface area contributed by atoms with Crippen LogP contribution in [0, 0.1) is 11.3 Å². The summed E-state index contributed by atoms with van der Waals surface area (Å²) in [5.41, 5.74) is 3.14. The smallest absolute Gasteiger partial charge is 0.260 e. The number of aromatic amines is 1. The molecule has 0 unspecified atom stereocenters. The second kappa shape index (κ2) is 9.00. The molecule has 1 N–H and O–H groups in total. The Hall–Kier alpha value is -3.15. The summed E-state index contributed by atoms with van der Waals surface area (Å²) in [4.78, 5) is 22.8. The molecule has 1 aliphatic carbocycles. The highest BCUT2D eigenvalue weighted by molar-refractivity contribution is 9.10. The third-order valence-corrected chi connectivity index (χ3v) is 7.70. The highest BCUT2D eigenvalue weighted by atomic mass is 79.9. The number of halogens is 1. The van der Waals surface area contributed by atoms with Gasteiger partial charge in [0, 0.05) is 20.5 Å². The van der Waals surface area contributed by atoms with E-state index >= 15 is 0 Å². The lowest BCUT2D eigenvalue weighted by Gasteiger charge is -2.14. The molecule has 0 spiro atoms. The highest BCUT2D eigenvalue weighted by Crippen LogP contribution is 2.39. The molecule has 5 rings (SSSR count). The molecule has 1 aliphatic rings. The van der Waals surface area contributed by atoms with E-state index in [1.165, 1.54) is 10.4 Å². The molecule has 0 amide bonds. The van der Waals surface area contributed by atoms with Crippen LogP contribution in [0.15, 0.2) is 45.7 Å². The first kappa shape index (κ1) is 21.7. The molecule has 0 saturated carbocycles. The monoisotopic (exact) mass is 521 g/mol. The summed E-state index contributed by atoms with van der Waals surface area (Å²) in [5, 5.41) is 10.0. The number of aryl methyl sites for hydroxylation is 2. The number of hydrogen-bond donors (Lipinski definition) is 1. The van der Waals surface area contributed by atoms with Gasteiger partial charge in [-0.05, 0) is 65.4 Å². The first-order valence-corrected chi connectivity index (χ1v) is 12.2. The lowest BCUT2D eigenvalue weighted by molar-refractivity contribution is 0.284. The lowest BCUT2D eigenvalue weighted by atomic mass is 9.97. The number of nitrogens with one attached hydrogen (secondary N) is 1. The third kappa shape index (κ3) is 4.03. The summed E-state index contributed by atoms with van der Waals surface area (Å²) in [6, 6.07) is 13.1. The summed E-state index contributed by atoms with van der Waals surface area (Å²) in [6.07, 6.45) is 4.23. The van der Waals surface area contributed by atoms with Gasteiger partial charge in [0.2, 0.25) is 0 Å². The van der Waals surface area contributed by atoms with Gasteiger partial charge in [-0.15, -0.1) is 11.3 Å². The number of benzene rings is 2. The van der Waals surface area contributed by atoms with Crippen molar-refractivity contribution in [2.75, 3.05) is 7.11 Å². The fourth-order valence-corrected chi connectivity index (χ4v) is 5.96. The van der Waals surface area contributed by atoms with Crippen LogP contribution in [0.25, 0.3) is 21.6 Å². The van der Waals surface area contributed by atoms with Crippen LogP contribution in [0.4, 0.5) is 0 Å². The van der Waals surface area contributed by atoms with Crippen molar-refractivity contribution in [2.24, 2.45) is 0 Å². The summed E-state index contributed by atoms with van der Waals surface area (Å²) >= 11 is 5.22. The Morgan fingerprint density at radius 1 is 1.21 bits per heavy atom. The Labute approximate surface area is 203 Å². The van der Waals surface area contributed by atoms with Crippen molar-refractivity contribution in [3.05, 3.63) is 72.8 Å². The van der Waals surface area contributed by atoms with Gasteiger partial charge in [-0.3, -0.25) is 4.79 Å². The maximum Gasteiger partial charge on any atom is 0.260 e. The Balaban J connectivity index is 1.51. The molecule has 6 nitrogen and oxygen atoms in total. The molecule has 0 bridgehead atoms. The molecule has 2 aromatic carbocycles.